The Hall–Kier alpha value is -0.940. The summed E-state index contributed by atoms with van der Waals surface area (Å²) in [6, 6.07) is 0.102. The molecule has 0 aromatic carbocycles. The number of piperazine rings is 1. The van der Waals surface area contributed by atoms with Crippen molar-refractivity contribution in [1.29, 1.82) is 0 Å². The van der Waals surface area contributed by atoms with E-state index in [-0.39, 0.29) is 17.9 Å². The summed E-state index contributed by atoms with van der Waals surface area (Å²) in [5, 5.41) is 3.29. The zero-order valence-electron chi connectivity index (χ0n) is 11.5. The van der Waals surface area contributed by atoms with Crippen LogP contribution < -0.4 is 5.32 Å². The molecule has 18 heavy (non-hydrogen) atoms. The molecule has 2 fully saturated rings. The third-order valence-electron chi connectivity index (χ3n) is 3.66. The van der Waals surface area contributed by atoms with E-state index in [4.69, 9.17) is 0 Å². The van der Waals surface area contributed by atoms with E-state index in [0.717, 1.165) is 26.2 Å². The van der Waals surface area contributed by atoms with Crippen LogP contribution in [0.2, 0.25) is 0 Å². The van der Waals surface area contributed by atoms with Gasteiger partial charge in [-0.1, -0.05) is 0 Å². The van der Waals surface area contributed by atoms with Crippen LogP contribution >= 0.6 is 0 Å². The number of imide groups is 1. The zero-order chi connectivity index (χ0) is 13.3. The zero-order valence-corrected chi connectivity index (χ0v) is 11.5. The Kier molecular flexibility index (Phi) is 3.73. The Morgan fingerprint density at radius 3 is 2.00 bits per heavy atom. The minimum atomic E-state index is -0.400. The lowest BCUT2D eigenvalue weighted by molar-refractivity contribution is -0.156. The highest BCUT2D eigenvalue weighted by Crippen LogP contribution is 2.25. The van der Waals surface area contributed by atoms with Gasteiger partial charge in [-0.3, -0.25) is 19.4 Å². The third kappa shape index (κ3) is 2.72. The maximum atomic E-state index is 12.2. The van der Waals surface area contributed by atoms with Crippen LogP contribution in [0.25, 0.3) is 0 Å². The molecule has 2 aliphatic rings. The van der Waals surface area contributed by atoms with Crippen LogP contribution in [0.4, 0.5) is 0 Å². The van der Waals surface area contributed by atoms with Crippen molar-refractivity contribution in [2.75, 3.05) is 26.2 Å². The fourth-order valence-corrected chi connectivity index (χ4v) is 2.85. The first-order valence-corrected chi connectivity index (χ1v) is 6.70. The van der Waals surface area contributed by atoms with E-state index < -0.39 is 5.54 Å². The molecule has 5 heteroatoms. The highest BCUT2D eigenvalue weighted by Gasteiger charge is 2.40. The minimum absolute atomic E-state index is 0.0257. The van der Waals surface area contributed by atoms with Gasteiger partial charge in [-0.2, -0.15) is 0 Å². The summed E-state index contributed by atoms with van der Waals surface area (Å²) in [7, 11) is 0. The number of piperidine rings is 1. The summed E-state index contributed by atoms with van der Waals surface area (Å²) >= 11 is 0. The summed E-state index contributed by atoms with van der Waals surface area (Å²) in [5.41, 5.74) is -0.400. The monoisotopic (exact) mass is 253 g/mol. The molecule has 0 saturated carbocycles. The number of nitrogens with zero attached hydrogens (tertiary/aromatic N) is 2. The maximum Gasteiger partial charge on any atom is 0.231 e. The van der Waals surface area contributed by atoms with E-state index in [1.54, 1.807) is 0 Å². The molecule has 2 amide bonds. The van der Waals surface area contributed by atoms with E-state index >= 15 is 0 Å². The Bertz CT molecular complexity index is 325. The molecule has 0 aromatic rings. The summed E-state index contributed by atoms with van der Waals surface area (Å²) < 4.78 is 0. The van der Waals surface area contributed by atoms with Gasteiger partial charge in [-0.15, -0.1) is 0 Å². The third-order valence-corrected chi connectivity index (χ3v) is 3.66. The van der Waals surface area contributed by atoms with Gasteiger partial charge in [0.15, 0.2) is 0 Å². The van der Waals surface area contributed by atoms with Crippen molar-refractivity contribution in [2.24, 2.45) is 0 Å². The standard InChI is InChI=1S/C13H23N3O2/c1-13(2,3)16-11(17)8-10(9-12(16)18)15-6-4-14-5-7-15/h10,14H,4-9H2,1-3H3. The number of likely N-dealkylation sites (tertiary alicyclic amines) is 1. The Morgan fingerprint density at radius 2 is 1.56 bits per heavy atom. The number of amides is 2. The molecular formula is C13H23N3O2. The van der Waals surface area contributed by atoms with Crippen molar-refractivity contribution in [2.45, 2.75) is 45.2 Å². The van der Waals surface area contributed by atoms with E-state index in [2.05, 4.69) is 10.2 Å². The highest BCUT2D eigenvalue weighted by molar-refractivity contribution is 5.99. The van der Waals surface area contributed by atoms with Crippen LogP contribution in [0.1, 0.15) is 33.6 Å². The lowest BCUT2D eigenvalue weighted by atomic mass is 9.95. The van der Waals surface area contributed by atoms with Crippen molar-refractivity contribution in [3.8, 4) is 0 Å². The molecule has 0 unspecified atom stereocenters. The van der Waals surface area contributed by atoms with Crippen molar-refractivity contribution >= 4 is 11.8 Å². The van der Waals surface area contributed by atoms with Gasteiger partial charge in [-0.05, 0) is 20.8 Å². The summed E-state index contributed by atoms with van der Waals surface area (Å²) in [5.74, 6) is -0.0513. The quantitative estimate of drug-likeness (QED) is 0.679. The van der Waals surface area contributed by atoms with Gasteiger partial charge in [-0.25, -0.2) is 0 Å². The topological polar surface area (TPSA) is 52.7 Å². The lowest BCUT2D eigenvalue weighted by Gasteiger charge is -2.43. The smallest absolute Gasteiger partial charge is 0.231 e. The normalized spacial score (nSPS) is 24.7. The Balaban J connectivity index is 2.04. The average molecular weight is 253 g/mol. The van der Waals surface area contributed by atoms with E-state index in [0.29, 0.717) is 12.8 Å². The second-order valence-corrected chi connectivity index (χ2v) is 6.14. The predicted octanol–water partition coefficient (Wildman–Crippen LogP) is 0.208. The van der Waals surface area contributed by atoms with Gasteiger partial charge < -0.3 is 5.32 Å². The first-order chi connectivity index (χ1) is 8.39. The SMILES string of the molecule is CC(C)(C)N1C(=O)CC(N2CCNCC2)CC1=O. The lowest BCUT2D eigenvalue weighted by Crippen LogP contribution is -2.58. The van der Waals surface area contributed by atoms with Gasteiger partial charge in [0.1, 0.15) is 0 Å². The van der Waals surface area contributed by atoms with E-state index in [1.165, 1.54) is 4.90 Å². The summed E-state index contributed by atoms with van der Waals surface area (Å²) in [6.07, 6.45) is 0.950. The molecule has 102 valence electrons. The van der Waals surface area contributed by atoms with E-state index in [9.17, 15) is 9.59 Å². The van der Waals surface area contributed by atoms with Crippen LogP contribution in [0.3, 0.4) is 0 Å². The number of carbonyl (C=O) groups is 2. The maximum absolute atomic E-state index is 12.2. The number of carbonyl (C=O) groups excluding carboxylic acids is 2. The number of hydrogen-bond acceptors (Lipinski definition) is 4. The molecule has 0 bridgehead atoms. The molecule has 1 N–H and O–H groups in total. The first-order valence-electron chi connectivity index (χ1n) is 6.70. The van der Waals surface area contributed by atoms with Crippen molar-refractivity contribution < 1.29 is 9.59 Å². The molecular weight excluding hydrogens is 230 g/mol. The van der Waals surface area contributed by atoms with Crippen LogP contribution in [0.15, 0.2) is 0 Å². The van der Waals surface area contributed by atoms with Crippen molar-refractivity contribution in [1.82, 2.24) is 15.1 Å². The number of nitrogens with one attached hydrogen (secondary N) is 1. The van der Waals surface area contributed by atoms with Crippen LogP contribution in [0, 0.1) is 0 Å². The average Bonchev–Trinajstić information content (AvgIpc) is 2.27. The summed E-state index contributed by atoms with van der Waals surface area (Å²) in [4.78, 5) is 28.0. The van der Waals surface area contributed by atoms with Gasteiger partial charge >= 0.3 is 0 Å². The minimum Gasteiger partial charge on any atom is -0.314 e. The molecule has 0 aromatic heterocycles. The van der Waals surface area contributed by atoms with Gasteiger partial charge in [0.2, 0.25) is 11.8 Å². The predicted molar refractivity (Wildman–Crippen MR) is 69.1 cm³/mol. The molecule has 0 aliphatic carbocycles. The van der Waals surface area contributed by atoms with Crippen LogP contribution in [0.5, 0.6) is 0 Å². The molecule has 2 aliphatic heterocycles. The fraction of sp³-hybridized carbons (Fsp3) is 0.846. The molecule has 2 saturated heterocycles. The number of hydrogen-bond donors (Lipinski definition) is 1. The van der Waals surface area contributed by atoms with Crippen LogP contribution in [-0.4, -0.2) is 59.4 Å². The molecule has 0 radical (unpaired) electrons. The highest BCUT2D eigenvalue weighted by atomic mass is 16.2. The second kappa shape index (κ2) is 4.97. The second-order valence-electron chi connectivity index (χ2n) is 6.14. The molecule has 2 heterocycles. The fourth-order valence-electron chi connectivity index (χ4n) is 2.85. The Labute approximate surface area is 108 Å². The number of rotatable bonds is 1. The van der Waals surface area contributed by atoms with Crippen molar-refractivity contribution in [3.63, 3.8) is 0 Å². The van der Waals surface area contributed by atoms with Crippen molar-refractivity contribution in [3.05, 3.63) is 0 Å². The molecule has 5 nitrogen and oxygen atoms in total. The largest absolute Gasteiger partial charge is 0.314 e. The Morgan fingerprint density at radius 1 is 1.06 bits per heavy atom. The van der Waals surface area contributed by atoms with Crippen LogP contribution in [-0.2, 0) is 9.59 Å². The van der Waals surface area contributed by atoms with Gasteiger partial charge in [0, 0.05) is 50.6 Å². The van der Waals surface area contributed by atoms with Gasteiger partial charge in [0.25, 0.3) is 0 Å². The molecule has 0 atom stereocenters. The first kappa shape index (κ1) is 13.5. The molecule has 2 rings (SSSR count). The van der Waals surface area contributed by atoms with E-state index in [1.807, 2.05) is 20.8 Å². The molecule has 0 spiro atoms. The van der Waals surface area contributed by atoms with Gasteiger partial charge in [0.05, 0.1) is 0 Å². The summed E-state index contributed by atoms with van der Waals surface area (Å²) in [6.45, 7) is 9.49.